The van der Waals surface area contributed by atoms with E-state index in [1.54, 1.807) is 29.2 Å². The summed E-state index contributed by atoms with van der Waals surface area (Å²) >= 11 is 5.95. The highest BCUT2D eigenvalue weighted by molar-refractivity contribution is 6.30. The van der Waals surface area contributed by atoms with Crippen molar-refractivity contribution >= 4 is 17.5 Å². The number of carbonyl (C=O) groups is 1. The van der Waals surface area contributed by atoms with Crippen LogP contribution in [0.15, 0.2) is 24.3 Å². The van der Waals surface area contributed by atoms with E-state index in [-0.39, 0.29) is 12.5 Å². The van der Waals surface area contributed by atoms with Crippen LogP contribution >= 0.6 is 11.6 Å². The number of nitrogens with zero attached hydrogens (tertiary/aromatic N) is 2. The molecule has 138 valence electrons. The fourth-order valence-electron chi connectivity index (χ4n) is 3.27. The van der Waals surface area contributed by atoms with Crippen molar-refractivity contribution in [3.63, 3.8) is 0 Å². The van der Waals surface area contributed by atoms with E-state index in [0.29, 0.717) is 50.0 Å². The van der Waals surface area contributed by atoms with Gasteiger partial charge in [0, 0.05) is 24.7 Å². The zero-order valence-corrected chi connectivity index (χ0v) is 15.1. The molecule has 2 heterocycles. The van der Waals surface area contributed by atoms with Gasteiger partial charge in [0.05, 0.1) is 26.3 Å². The number of ether oxygens (including phenoxy) is 2. The van der Waals surface area contributed by atoms with E-state index < -0.39 is 5.60 Å². The van der Waals surface area contributed by atoms with Crippen LogP contribution in [0.5, 0.6) is 5.75 Å². The molecule has 7 heteroatoms. The SMILES string of the molecule is O=C(CN1CCOCC1)N1CCCC(O)(COc2cccc(Cl)c2)C1. The average Bonchev–Trinajstić information content (AvgIpc) is 2.61. The molecular formula is C18H25ClN2O4. The highest BCUT2D eigenvalue weighted by atomic mass is 35.5. The molecule has 2 fully saturated rings. The monoisotopic (exact) mass is 368 g/mol. The number of carbonyl (C=O) groups excluding carboxylic acids is 1. The molecule has 0 saturated carbocycles. The van der Waals surface area contributed by atoms with Gasteiger partial charge in [0.1, 0.15) is 18.0 Å². The molecule has 6 nitrogen and oxygen atoms in total. The second-order valence-electron chi connectivity index (χ2n) is 6.78. The van der Waals surface area contributed by atoms with Crippen molar-refractivity contribution in [1.82, 2.24) is 9.80 Å². The van der Waals surface area contributed by atoms with Crippen LogP contribution in [0.1, 0.15) is 12.8 Å². The second-order valence-corrected chi connectivity index (χ2v) is 7.21. The molecule has 25 heavy (non-hydrogen) atoms. The summed E-state index contributed by atoms with van der Waals surface area (Å²) in [6.07, 6.45) is 1.39. The largest absolute Gasteiger partial charge is 0.490 e. The average molecular weight is 369 g/mol. The minimum atomic E-state index is -1.03. The minimum absolute atomic E-state index is 0.0581. The number of β-amino-alcohol motifs (C(OH)–C–C–N with tert-alkyl or cyclic N) is 1. The maximum absolute atomic E-state index is 12.5. The van der Waals surface area contributed by atoms with Crippen molar-refractivity contribution in [1.29, 1.82) is 0 Å². The number of hydrogen-bond acceptors (Lipinski definition) is 5. The van der Waals surface area contributed by atoms with Gasteiger partial charge in [-0.05, 0) is 31.0 Å². The van der Waals surface area contributed by atoms with Crippen LogP contribution in [-0.4, -0.2) is 79.0 Å². The highest BCUT2D eigenvalue weighted by Crippen LogP contribution is 2.24. The van der Waals surface area contributed by atoms with E-state index in [0.717, 1.165) is 19.5 Å². The molecule has 0 bridgehead atoms. The summed E-state index contributed by atoms with van der Waals surface area (Å²) in [6, 6.07) is 7.10. The van der Waals surface area contributed by atoms with Gasteiger partial charge in [-0.15, -0.1) is 0 Å². The molecule has 2 saturated heterocycles. The highest BCUT2D eigenvalue weighted by Gasteiger charge is 2.36. The summed E-state index contributed by atoms with van der Waals surface area (Å²) in [5.41, 5.74) is -1.03. The summed E-state index contributed by atoms with van der Waals surface area (Å²) in [4.78, 5) is 16.4. The van der Waals surface area contributed by atoms with Gasteiger partial charge in [-0.2, -0.15) is 0 Å². The van der Waals surface area contributed by atoms with Crippen molar-refractivity contribution in [2.75, 3.05) is 52.5 Å². The van der Waals surface area contributed by atoms with Gasteiger partial charge < -0.3 is 19.5 Å². The standard InChI is InChI=1S/C18H25ClN2O4/c19-15-3-1-4-16(11-15)25-14-18(23)5-2-6-21(13-18)17(22)12-20-7-9-24-10-8-20/h1,3-4,11,23H,2,5-10,12-14H2. The molecule has 1 aromatic carbocycles. The van der Waals surface area contributed by atoms with Crippen LogP contribution in [0.3, 0.4) is 0 Å². The van der Waals surface area contributed by atoms with Crippen molar-refractivity contribution < 1.29 is 19.4 Å². The first kappa shape index (κ1) is 18.5. The Morgan fingerprint density at radius 3 is 2.88 bits per heavy atom. The third-order valence-corrected chi connectivity index (χ3v) is 4.91. The number of piperidine rings is 1. The number of likely N-dealkylation sites (tertiary alicyclic amines) is 1. The van der Waals surface area contributed by atoms with E-state index in [9.17, 15) is 9.90 Å². The summed E-state index contributed by atoms with van der Waals surface area (Å²) in [5.74, 6) is 0.681. The molecule has 1 amide bonds. The summed E-state index contributed by atoms with van der Waals surface area (Å²) < 4.78 is 11.0. The number of hydrogen-bond donors (Lipinski definition) is 1. The number of rotatable bonds is 5. The van der Waals surface area contributed by atoms with Gasteiger partial charge in [0.15, 0.2) is 0 Å². The van der Waals surface area contributed by atoms with E-state index in [1.807, 2.05) is 0 Å². The Labute approximate surface area is 153 Å². The van der Waals surface area contributed by atoms with Gasteiger partial charge in [0.25, 0.3) is 0 Å². The molecule has 2 aliphatic rings. The predicted octanol–water partition coefficient (Wildman–Crippen LogP) is 1.40. The fourth-order valence-corrected chi connectivity index (χ4v) is 3.45. The number of amides is 1. The first-order valence-electron chi connectivity index (χ1n) is 8.73. The van der Waals surface area contributed by atoms with E-state index in [1.165, 1.54) is 0 Å². The first-order valence-corrected chi connectivity index (χ1v) is 9.11. The molecule has 0 radical (unpaired) electrons. The minimum Gasteiger partial charge on any atom is -0.490 e. The molecule has 1 aromatic rings. The fraction of sp³-hybridized carbons (Fsp3) is 0.611. The van der Waals surface area contributed by atoms with Crippen molar-refractivity contribution in [3.05, 3.63) is 29.3 Å². The van der Waals surface area contributed by atoms with Crippen LogP contribution in [0, 0.1) is 0 Å². The lowest BCUT2D eigenvalue weighted by Gasteiger charge is -2.40. The zero-order chi connectivity index (χ0) is 17.7. The van der Waals surface area contributed by atoms with Crippen molar-refractivity contribution in [2.45, 2.75) is 18.4 Å². The lowest BCUT2D eigenvalue weighted by Crippen LogP contribution is -2.55. The van der Waals surface area contributed by atoms with Gasteiger partial charge in [-0.3, -0.25) is 9.69 Å². The van der Waals surface area contributed by atoms with Crippen molar-refractivity contribution in [3.8, 4) is 5.75 Å². The first-order chi connectivity index (χ1) is 12.0. The van der Waals surface area contributed by atoms with Gasteiger partial charge in [-0.1, -0.05) is 17.7 Å². The normalized spacial score (nSPS) is 25.0. The predicted molar refractivity (Wildman–Crippen MR) is 95.0 cm³/mol. The number of benzene rings is 1. The van der Waals surface area contributed by atoms with Crippen LogP contribution in [-0.2, 0) is 9.53 Å². The molecule has 0 aromatic heterocycles. The molecule has 3 rings (SSSR count). The third kappa shape index (κ3) is 5.31. The number of aliphatic hydroxyl groups is 1. The summed E-state index contributed by atoms with van der Waals surface area (Å²) in [6.45, 7) is 4.42. The van der Waals surface area contributed by atoms with Crippen LogP contribution in [0.25, 0.3) is 0 Å². The lowest BCUT2D eigenvalue weighted by molar-refractivity contribution is -0.142. The quantitative estimate of drug-likeness (QED) is 0.851. The summed E-state index contributed by atoms with van der Waals surface area (Å²) in [7, 11) is 0. The van der Waals surface area contributed by atoms with E-state index >= 15 is 0 Å². The lowest BCUT2D eigenvalue weighted by atomic mass is 9.93. The van der Waals surface area contributed by atoms with Crippen molar-refractivity contribution in [2.24, 2.45) is 0 Å². The number of morpholine rings is 1. The molecule has 1 unspecified atom stereocenters. The Morgan fingerprint density at radius 1 is 1.32 bits per heavy atom. The Bertz CT molecular complexity index is 594. The molecule has 1 N–H and O–H groups in total. The Morgan fingerprint density at radius 2 is 2.12 bits per heavy atom. The molecular weight excluding hydrogens is 344 g/mol. The van der Waals surface area contributed by atoms with Gasteiger partial charge in [0.2, 0.25) is 5.91 Å². The smallest absolute Gasteiger partial charge is 0.236 e. The molecule has 2 aliphatic heterocycles. The maximum Gasteiger partial charge on any atom is 0.236 e. The van der Waals surface area contributed by atoms with Crippen LogP contribution in [0.4, 0.5) is 0 Å². The van der Waals surface area contributed by atoms with Gasteiger partial charge >= 0.3 is 0 Å². The molecule has 1 atom stereocenters. The van der Waals surface area contributed by atoms with E-state index in [2.05, 4.69) is 4.90 Å². The topological polar surface area (TPSA) is 62.2 Å². The maximum atomic E-state index is 12.5. The van der Waals surface area contributed by atoms with E-state index in [4.69, 9.17) is 21.1 Å². The summed E-state index contributed by atoms with van der Waals surface area (Å²) in [5, 5.41) is 11.4. The Balaban J connectivity index is 1.52. The zero-order valence-electron chi connectivity index (χ0n) is 14.3. The van der Waals surface area contributed by atoms with Crippen LogP contribution < -0.4 is 4.74 Å². The molecule has 0 spiro atoms. The third-order valence-electron chi connectivity index (χ3n) is 4.67. The molecule has 0 aliphatic carbocycles. The van der Waals surface area contributed by atoms with Gasteiger partial charge in [-0.25, -0.2) is 0 Å². The Hall–Kier alpha value is -1.34. The number of halogens is 1. The second kappa shape index (κ2) is 8.36. The van der Waals surface area contributed by atoms with Crippen LogP contribution in [0.2, 0.25) is 5.02 Å². The Kier molecular flexibility index (Phi) is 6.17.